The average molecular weight is 313 g/mol. The molecule has 0 bridgehead atoms. The summed E-state index contributed by atoms with van der Waals surface area (Å²) >= 11 is 0. The molecule has 0 saturated carbocycles. The van der Waals surface area contributed by atoms with Gasteiger partial charge in [-0.2, -0.15) is 0 Å². The zero-order valence-electron chi connectivity index (χ0n) is 14.4. The van der Waals surface area contributed by atoms with Gasteiger partial charge in [-0.1, -0.05) is 5.92 Å². The first kappa shape index (κ1) is 17.0. The van der Waals surface area contributed by atoms with Crippen LogP contribution in [0.1, 0.15) is 45.6 Å². The van der Waals surface area contributed by atoms with Crippen molar-refractivity contribution in [3.05, 3.63) is 35.4 Å². The number of amides is 1. The molecule has 1 amide bonds. The summed E-state index contributed by atoms with van der Waals surface area (Å²) in [6, 6.07) is 1.84. The molecule has 1 fully saturated rings. The molecule has 2 rings (SSSR count). The smallest absolute Gasteiger partial charge is 0.410 e. The Bertz CT molecular complexity index is 681. The summed E-state index contributed by atoms with van der Waals surface area (Å²) in [6.45, 7) is 10.3. The van der Waals surface area contributed by atoms with Gasteiger partial charge in [0.15, 0.2) is 0 Å². The average Bonchev–Trinajstić information content (AvgIpc) is 2.73. The Morgan fingerprint density at radius 2 is 2.22 bits per heavy atom. The second-order valence-electron chi connectivity index (χ2n) is 6.35. The van der Waals surface area contributed by atoms with Gasteiger partial charge in [-0.05, 0) is 64.7 Å². The number of aromatic nitrogens is 2. The fourth-order valence-corrected chi connectivity index (χ4v) is 2.52. The highest BCUT2D eigenvalue weighted by Gasteiger charge is 2.40. The van der Waals surface area contributed by atoms with Gasteiger partial charge in [-0.3, -0.25) is 4.90 Å². The molecule has 0 aliphatic carbocycles. The fraction of sp³-hybridized carbons (Fsp3) is 0.500. The number of likely N-dealkylation sites (tertiary alicyclic amines) is 1. The summed E-state index contributed by atoms with van der Waals surface area (Å²) in [5.41, 5.74) is 1.60. The van der Waals surface area contributed by atoms with E-state index >= 15 is 0 Å². The minimum atomic E-state index is -0.395. The highest BCUT2D eigenvalue weighted by atomic mass is 16.6. The van der Waals surface area contributed by atoms with Crippen LogP contribution in [-0.2, 0) is 4.74 Å². The number of ether oxygens (including phenoxy) is 1. The molecule has 0 radical (unpaired) electrons. The number of nitrogens with zero attached hydrogens (tertiary/aromatic N) is 3. The Labute approximate surface area is 137 Å². The highest BCUT2D eigenvalue weighted by Crippen LogP contribution is 2.34. The fourth-order valence-electron chi connectivity index (χ4n) is 2.52. The maximum Gasteiger partial charge on any atom is 0.410 e. The molecule has 0 aromatic carbocycles. The van der Waals surface area contributed by atoms with E-state index < -0.39 is 5.54 Å². The Morgan fingerprint density at radius 3 is 2.87 bits per heavy atom. The third-order valence-electron chi connectivity index (χ3n) is 3.85. The number of carbonyl (C=O) groups excluding carboxylic acids is 1. The van der Waals surface area contributed by atoms with E-state index in [1.165, 1.54) is 0 Å². The Hall–Kier alpha value is -2.35. The molecular weight excluding hydrogens is 290 g/mol. The van der Waals surface area contributed by atoms with Crippen molar-refractivity contribution in [2.24, 2.45) is 0 Å². The second-order valence-corrected chi connectivity index (χ2v) is 6.35. The lowest BCUT2D eigenvalue weighted by Gasteiger charge is -2.32. The van der Waals surface area contributed by atoms with Gasteiger partial charge in [0.05, 0.1) is 11.6 Å². The molecule has 1 saturated heterocycles. The zero-order chi connectivity index (χ0) is 17.0. The molecule has 1 aliphatic rings. The molecule has 1 aromatic heterocycles. The van der Waals surface area contributed by atoms with Crippen molar-refractivity contribution in [1.82, 2.24) is 14.9 Å². The van der Waals surface area contributed by atoms with Crippen LogP contribution in [0.2, 0.25) is 0 Å². The van der Waals surface area contributed by atoms with Crippen LogP contribution in [0.15, 0.2) is 23.9 Å². The van der Waals surface area contributed by atoms with Crippen LogP contribution in [0.25, 0.3) is 0 Å². The molecule has 0 unspecified atom stereocenters. The second kappa shape index (κ2) is 6.82. The number of aryl methyl sites for hydroxylation is 1. The van der Waals surface area contributed by atoms with Crippen LogP contribution in [0.5, 0.6) is 0 Å². The monoisotopic (exact) mass is 313 g/mol. The highest BCUT2D eigenvalue weighted by molar-refractivity contribution is 5.70. The van der Waals surface area contributed by atoms with E-state index in [1.54, 1.807) is 11.1 Å². The molecule has 5 nitrogen and oxygen atoms in total. The third-order valence-corrected chi connectivity index (χ3v) is 3.85. The van der Waals surface area contributed by atoms with E-state index in [0.717, 1.165) is 17.7 Å². The summed E-state index contributed by atoms with van der Waals surface area (Å²) in [7, 11) is 0. The molecule has 0 atom stereocenters. The summed E-state index contributed by atoms with van der Waals surface area (Å²) in [6.07, 6.45) is 3.97. The van der Waals surface area contributed by atoms with Gasteiger partial charge in [-0.25, -0.2) is 14.8 Å². The van der Waals surface area contributed by atoms with E-state index in [4.69, 9.17) is 4.74 Å². The Kier molecular flexibility index (Phi) is 5.05. The topological polar surface area (TPSA) is 55.3 Å². The number of allylic oxidation sites excluding steroid dienone is 1. The van der Waals surface area contributed by atoms with Crippen LogP contribution in [0.4, 0.5) is 4.79 Å². The predicted octanol–water partition coefficient (Wildman–Crippen LogP) is 3.09. The summed E-state index contributed by atoms with van der Waals surface area (Å²) in [5.74, 6) is 6.46. The standard InChI is InChI=1S/C18H23N3O2/c1-13(2)23-17(22)21-12-10-15(18(21,4)5)7-6-8-16-19-11-9-14(3)20-16/h7,9,11,13H,10,12H2,1-5H3/b15-7+. The van der Waals surface area contributed by atoms with Crippen molar-refractivity contribution in [3.8, 4) is 11.8 Å². The molecule has 122 valence electrons. The molecule has 1 aromatic rings. The number of rotatable bonds is 1. The van der Waals surface area contributed by atoms with Gasteiger partial charge in [0, 0.05) is 18.4 Å². The molecule has 0 spiro atoms. The van der Waals surface area contributed by atoms with Crippen molar-refractivity contribution in [3.63, 3.8) is 0 Å². The lowest BCUT2D eigenvalue weighted by atomic mass is 9.95. The van der Waals surface area contributed by atoms with Crippen LogP contribution < -0.4 is 0 Å². The van der Waals surface area contributed by atoms with Crippen LogP contribution in [0, 0.1) is 18.8 Å². The zero-order valence-corrected chi connectivity index (χ0v) is 14.4. The van der Waals surface area contributed by atoms with Crippen molar-refractivity contribution in [1.29, 1.82) is 0 Å². The van der Waals surface area contributed by atoms with Crippen molar-refractivity contribution in [2.75, 3.05) is 6.54 Å². The van der Waals surface area contributed by atoms with Crippen molar-refractivity contribution < 1.29 is 9.53 Å². The molecule has 5 heteroatoms. The van der Waals surface area contributed by atoms with Gasteiger partial charge < -0.3 is 4.74 Å². The summed E-state index contributed by atoms with van der Waals surface area (Å²) in [5, 5.41) is 0. The number of hydrogen-bond donors (Lipinski definition) is 0. The van der Waals surface area contributed by atoms with E-state index in [-0.39, 0.29) is 12.2 Å². The largest absolute Gasteiger partial charge is 0.447 e. The van der Waals surface area contributed by atoms with Crippen molar-refractivity contribution in [2.45, 2.75) is 52.7 Å². The number of hydrogen-bond acceptors (Lipinski definition) is 4. The molecule has 0 N–H and O–H groups in total. The van der Waals surface area contributed by atoms with E-state index in [9.17, 15) is 4.79 Å². The molecule has 2 heterocycles. The predicted molar refractivity (Wildman–Crippen MR) is 88.7 cm³/mol. The Balaban J connectivity index is 2.14. The lowest BCUT2D eigenvalue weighted by Crippen LogP contribution is -2.44. The maximum atomic E-state index is 12.2. The normalized spacial score (nSPS) is 18.0. The lowest BCUT2D eigenvalue weighted by molar-refractivity contribution is 0.0631. The van der Waals surface area contributed by atoms with Gasteiger partial charge in [0.25, 0.3) is 0 Å². The maximum absolute atomic E-state index is 12.2. The first-order chi connectivity index (χ1) is 10.8. The SMILES string of the molecule is Cc1ccnc(C#C/C=C2\CCN(C(=O)OC(C)C)C2(C)C)n1. The van der Waals surface area contributed by atoms with Gasteiger partial charge in [-0.15, -0.1) is 0 Å². The van der Waals surface area contributed by atoms with E-state index in [2.05, 4.69) is 21.8 Å². The minimum absolute atomic E-state index is 0.121. The van der Waals surface area contributed by atoms with E-state index in [0.29, 0.717) is 12.4 Å². The van der Waals surface area contributed by atoms with Crippen LogP contribution >= 0.6 is 0 Å². The third kappa shape index (κ3) is 4.10. The quantitative estimate of drug-likeness (QED) is 0.748. The molecule has 23 heavy (non-hydrogen) atoms. The van der Waals surface area contributed by atoms with E-state index in [1.807, 2.05) is 46.8 Å². The first-order valence-electron chi connectivity index (χ1n) is 7.79. The van der Waals surface area contributed by atoms with Gasteiger partial charge in [0.2, 0.25) is 5.82 Å². The molecular formula is C18H23N3O2. The summed E-state index contributed by atoms with van der Waals surface area (Å²) in [4.78, 5) is 22.3. The van der Waals surface area contributed by atoms with Gasteiger partial charge >= 0.3 is 6.09 Å². The molecule has 1 aliphatic heterocycles. The van der Waals surface area contributed by atoms with Crippen LogP contribution in [0.3, 0.4) is 0 Å². The van der Waals surface area contributed by atoms with Gasteiger partial charge in [0.1, 0.15) is 0 Å². The van der Waals surface area contributed by atoms with Crippen LogP contribution in [-0.4, -0.2) is 39.1 Å². The first-order valence-corrected chi connectivity index (χ1v) is 7.79. The Morgan fingerprint density at radius 1 is 1.48 bits per heavy atom. The van der Waals surface area contributed by atoms with Crippen molar-refractivity contribution >= 4 is 6.09 Å². The summed E-state index contributed by atoms with van der Waals surface area (Å²) < 4.78 is 5.31. The minimum Gasteiger partial charge on any atom is -0.447 e. The number of carbonyl (C=O) groups is 1.